The molecule has 0 aliphatic carbocycles. The summed E-state index contributed by atoms with van der Waals surface area (Å²) in [6, 6.07) is 17.0. The first-order valence-corrected chi connectivity index (χ1v) is 8.77. The summed E-state index contributed by atoms with van der Waals surface area (Å²) >= 11 is 1.12. The Bertz CT molecular complexity index is 909. The number of para-hydroxylation sites is 3. The zero-order valence-electron chi connectivity index (χ0n) is 13.8. The fourth-order valence-corrected chi connectivity index (χ4v) is 3.42. The lowest BCUT2D eigenvalue weighted by atomic mass is 10.3. The second-order valence-corrected chi connectivity index (χ2v) is 6.96. The minimum Gasteiger partial charge on any atom is -0.346 e. The molecule has 1 amide bonds. The van der Waals surface area contributed by atoms with Crippen molar-refractivity contribution in [2.75, 3.05) is 6.54 Å². The van der Waals surface area contributed by atoms with Gasteiger partial charge in [0.25, 0.3) is 0 Å². The Balaban J connectivity index is 1.89. The Labute approximate surface area is 152 Å². The van der Waals surface area contributed by atoms with Gasteiger partial charge in [0, 0.05) is 5.69 Å². The summed E-state index contributed by atoms with van der Waals surface area (Å²) in [4.78, 5) is 16.5. The van der Waals surface area contributed by atoms with E-state index in [1.807, 2.05) is 64.5 Å². The molecule has 1 atom stereocenters. The van der Waals surface area contributed by atoms with Crippen molar-refractivity contribution in [1.82, 2.24) is 14.9 Å². The van der Waals surface area contributed by atoms with Crippen LogP contribution in [0.4, 0.5) is 13.2 Å². The Kier molecular flexibility index (Phi) is 5.22. The van der Waals surface area contributed by atoms with Gasteiger partial charge >= 0.3 is 6.18 Å². The standard InChI is InChI=1S/C18H16F3N3OS/c1-12(16(25)22-11-18(19,20)21)26-17-23-14-9-5-6-10-15(14)24(17)13-7-3-2-4-8-13/h2-10,12H,11H2,1H3,(H,22,25). The second-order valence-electron chi connectivity index (χ2n) is 5.65. The van der Waals surface area contributed by atoms with Gasteiger partial charge in [0.1, 0.15) is 6.54 Å². The predicted octanol–water partition coefficient (Wildman–Crippen LogP) is 4.18. The van der Waals surface area contributed by atoms with E-state index >= 15 is 0 Å². The third-order valence-corrected chi connectivity index (χ3v) is 4.71. The predicted molar refractivity (Wildman–Crippen MR) is 95.5 cm³/mol. The average molecular weight is 379 g/mol. The number of carbonyl (C=O) groups is 1. The molecule has 136 valence electrons. The lowest BCUT2D eigenvalue weighted by Gasteiger charge is -2.14. The van der Waals surface area contributed by atoms with Gasteiger partial charge in [-0.15, -0.1) is 0 Å². The van der Waals surface area contributed by atoms with Gasteiger partial charge in [0.05, 0.1) is 16.3 Å². The summed E-state index contributed by atoms with van der Waals surface area (Å²) in [6.45, 7) is 0.219. The van der Waals surface area contributed by atoms with Gasteiger partial charge in [0.2, 0.25) is 5.91 Å². The van der Waals surface area contributed by atoms with Crippen molar-refractivity contribution >= 4 is 28.7 Å². The van der Waals surface area contributed by atoms with Gasteiger partial charge in [0.15, 0.2) is 5.16 Å². The van der Waals surface area contributed by atoms with Crippen LogP contribution in [0.5, 0.6) is 0 Å². The lowest BCUT2D eigenvalue weighted by Crippen LogP contribution is -2.38. The van der Waals surface area contributed by atoms with Crippen LogP contribution < -0.4 is 5.32 Å². The number of hydrogen-bond donors (Lipinski definition) is 1. The summed E-state index contributed by atoms with van der Waals surface area (Å²) in [6.07, 6.45) is -4.43. The molecular weight excluding hydrogens is 363 g/mol. The van der Waals surface area contributed by atoms with Crippen molar-refractivity contribution in [2.45, 2.75) is 23.5 Å². The summed E-state index contributed by atoms with van der Waals surface area (Å²) in [5.41, 5.74) is 2.48. The van der Waals surface area contributed by atoms with Crippen molar-refractivity contribution in [1.29, 1.82) is 0 Å². The molecular formula is C18H16F3N3OS. The maximum atomic E-state index is 12.3. The molecule has 1 N–H and O–H groups in total. The molecule has 0 bridgehead atoms. The van der Waals surface area contributed by atoms with Crippen LogP contribution in [-0.2, 0) is 4.79 Å². The normalized spacial score (nSPS) is 12.9. The molecule has 0 spiro atoms. The van der Waals surface area contributed by atoms with Crippen LogP contribution in [0.25, 0.3) is 16.7 Å². The monoisotopic (exact) mass is 379 g/mol. The molecule has 0 radical (unpaired) electrons. The van der Waals surface area contributed by atoms with Crippen molar-refractivity contribution < 1.29 is 18.0 Å². The van der Waals surface area contributed by atoms with Crippen molar-refractivity contribution in [2.24, 2.45) is 0 Å². The minimum atomic E-state index is -4.43. The fraction of sp³-hybridized carbons (Fsp3) is 0.222. The van der Waals surface area contributed by atoms with E-state index in [-0.39, 0.29) is 0 Å². The van der Waals surface area contributed by atoms with E-state index in [2.05, 4.69) is 4.98 Å². The number of aromatic nitrogens is 2. The number of nitrogens with zero attached hydrogens (tertiary/aromatic N) is 2. The summed E-state index contributed by atoms with van der Waals surface area (Å²) in [5.74, 6) is -0.681. The molecule has 2 aromatic carbocycles. The molecule has 1 aromatic heterocycles. The van der Waals surface area contributed by atoms with E-state index in [1.54, 1.807) is 6.92 Å². The van der Waals surface area contributed by atoms with E-state index in [0.29, 0.717) is 5.16 Å². The number of halogens is 3. The Morgan fingerprint density at radius 3 is 2.50 bits per heavy atom. The summed E-state index contributed by atoms with van der Waals surface area (Å²) in [5, 5.41) is 1.74. The van der Waals surface area contributed by atoms with E-state index in [0.717, 1.165) is 28.5 Å². The van der Waals surface area contributed by atoms with Crippen LogP contribution in [0, 0.1) is 0 Å². The highest BCUT2D eigenvalue weighted by molar-refractivity contribution is 8.00. The van der Waals surface area contributed by atoms with Gasteiger partial charge in [-0.1, -0.05) is 42.1 Å². The Hall–Kier alpha value is -2.48. The smallest absolute Gasteiger partial charge is 0.346 e. The van der Waals surface area contributed by atoms with Crippen LogP contribution in [-0.4, -0.2) is 33.4 Å². The molecule has 4 nitrogen and oxygen atoms in total. The highest BCUT2D eigenvalue weighted by Crippen LogP contribution is 2.30. The molecule has 1 heterocycles. The number of thioether (sulfide) groups is 1. The van der Waals surface area contributed by atoms with Crippen LogP contribution in [0.15, 0.2) is 59.8 Å². The fourth-order valence-electron chi connectivity index (χ4n) is 2.45. The topological polar surface area (TPSA) is 46.9 Å². The highest BCUT2D eigenvalue weighted by atomic mass is 32.2. The lowest BCUT2D eigenvalue weighted by molar-refractivity contribution is -0.137. The molecule has 0 aliphatic heterocycles. The zero-order valence-corrected chi connectivity index (χ0v) is 14.6. The number of carbonyl (C=O) groups excluding carboxylic acids is 1. The Morgan fingerprint density at radius 2 is 1.81 bits per heavy atom. The third kappa shape index (κ3) is 4.19. The van der Waals surface area contributed by atoms with Gasteiger partial charge < -0.3 is 5.32 Å². The zero-order chi connectivity index (χ0) is 18.7. The molecule has 8 heteroatoms. The van der Waals surface area contributed by atoms with E-state index in [1.165, 1.54) is 0 Å². The van der Waals surface area contributed by atoms with Crippen LogP contribution in [0.1, 0.15) is 6.92 Å². The SMILES string of the molecule is CC(Sc1nc2ccccc2n1-c1ccccc1)C(=O)NCC(F)(F)F. The number of benzene rings is 2. The van der Waals surface area contributed by atoms with E-state index in [4.69, 9.17) is 0 Å². The molecule has 1 unspecified atom stereocenters. The van der Waals surface area contributed by atoms with E-state index in [9.17, 15) is 18.0 Å². The number of imidazole rings is 1. The van der Waals surface area contributed by atoms with Crippen molar-refractivity contribution in [3.8, 4) is 5.69 Å². The quantitative estimate of drug-likeness (QED) is 0.677. The number of rotatable bonds is 5. The van der Waals surface area contributed by atoms with Gasteiger partial charge in [-0.2, -0.15) is 13.2 Å². The number of alkyl halides is 3. The molecule has 3 aromatic rings. The van der Waals surface area contributed by atoms with Crippen molar-refractivity contribution in [3.63, 3.8) is 0 Å². The summed E-state index contributed by atoms with van der Waals surface area (Å²) in [7, 11) is 0. The number of hydrogen-bond acceptors (Lipinski definition) is 3. The summed E-state index contributed by atoms with van der Waals surface area (Å²) < 4.78 is 38.8. The second kappa shape index (κ2) is 7.41. The molecule has 26 heavy (non-hydrogen) atoms. The van der Waals surface area contributed by atoms with Gasteiger partial charge in [-0.05, 0) is 31.2 Å². The van der Waals surface area contributed by atoms with Crippen LogP contribution in [0.2, 0.25) is 0 Å². The maximum absolute atomic E-state index is 12.3. The third-order valence-electron chi connectivity index (χ3n) is 3.66. The molecule has 3 rings (SSSR count). The maximum Gasteiger partial charge on any atom is 0.405 e. The van der Waals surface area contributed by atoms with Gasteiger partial charge in [-0.3, -0.25) is 9.36 Å². The Morgan fingerprint density at radius 1 is 1.15 bits per heavy atom. The average Bonchev–Trinajstić information content (AvgIpc) is 2.97. The molecule has 0 fully saturated rings. The van der Waals surface area contributed by atoms with Crippen molar-refractivity contribution in [3.05, 3.63) is 54.6 Å². The van der Waals surface area contributed by atoms with Crippen LogP contribution >= 0.6 is 11.8 Å². The number of fused-ring (bicyclic) bond motifs is 1. The number of amides is 1. The first kappa shape index (κ1) is 18.3. The first-order valence-electron chi connectivity index (χ1n) is 7.89. The van der Waals surface area contributed by atoms with E-state index < -0.39 is 23.9 Å². The minimum absolute atomic E-state index is 0.548. The molecule has 0 aliphatic rings. The van der Waals surface area contributed by atoms with Gasteiger partial charge in [-0.25, -0.2) is 4.98 Å². The number of nitrogens with one attached hydrogen (secondary N) is 1. The first-order chi connectivity index (χ1) is 12.3. The largest absolute Gasteiger partial charge is 0.405 e. The van der Waals surface area contributed by atoms with Crippen LogP contribution in [0.3, 0.4) is 0 Å². The molecule has 0 saturated carbocycles. The highest BCUT2D eigenvalue weighted by Gasteiger charge is 2.29. The molecule has 0 saturated heterocycles.